The van der Waals surface area contributed by atoms with E-state index in [4.69, 9.17) is 11.6 Å². The molecule has 3 heteroatoms. The highest BCUT2D eigenvalue weighted by Gasteiger charge is 2.18. The number of halogens is 1. The van der Waals surface area contributed by atoms with E-state index < -0.39 is 0 Å². The highest BCUT2D eigenvalue weighted by Crippen LogP contribution is 2.24. The minimum absolute atomic E-state index is 0.00925. The van der Waals surface area contributed by atoms with Crippen molar-refractivity contribution in [3.8, 4) is 0 Å². The van der Waals surface area contributed by atoms with Crippen LogP contribution in [0.4, 0.5) is 5.69 Å². The topological polar surface area (TPSA) is 20.3 Å². The van der Waals surface area contributed by atoms with Crippen LogP contribution in [-0.2, 0) is 6.42 Å². The van der Waals surface area contributed by atoms with Crippen LogP contribution in [0, 0.1) is 0 Å². The molecule has 0 N–H and O–H groups in total. The Kier molecular flexibility index (Phi) is 5.92. The average Bonchev–Trinajstić information content (AvgIpc) is 2.77. The molecule has 2 nitrogen and oxygen atoms in total. The van der Waals surface area contributed by atoms with Gasteiger partial charge in [0.25, 0.3) is 5.91 Å². The molecule has 0 unspecified atom stereocenters. The van der Waals surface area contributed by atoms with Crippen LogP contribution in [0.15, 0.2) is 97.1 Å². The van der Waals surface area contributed by atoms with Gasteiger partial charge in [0, 0.05) is 22.8 Å². The first-order chi connectivity index (χ1) is 14.2. The van der Waals surface area contributed by atoms with Gasteiger partial charge in [0.2, 0.25) is 0 Å². The van der Waals surface area contributed by atoms with Gasteiger partial charge in [0.05, 0.1) is 0 Å². The number of amides is 1. The SMILES string of the molecule is O=C(c1ccc(Cl)cc1)N(CCCc1ccccc1)c1ccc2ccccc2c1. The van der Waals surface area contributed by atoms with Gasteiger partial charge < -0.3 is 4.90 Å². The van der Waals surface area contributed by atoms with Crippen LogP contribution in [0.25, 0.3) is 10.8 Å². The van der Waals surface area contributed by atoms with E-state index in [0.29, 0.717) is 17.1 Å². The fourth-order valence-corrected chi connectivity index (χ4v) is 3.65. The monoisotopic (exact) mass is 399 g/mol. The Morgan fingerprint density at radius 2 is 1.45 bits per heavy atom. The van der Waals surface area contributed by atoms with Crippen molar-refractivity contribution < 1.29 is 4.79 Å². The molecule has 0 saturated heterocycles. The molecule has 0 aliphatic heterocycles. The Labute approximate surface area is 176 Å². The lowest BCUT2D eigenvalue weighted by atomic mass is 10.1. The van der Waals surface area contributed by atoms with Crippen LogP contribution in [0.1, 0.15) is 22.3 Å². The van der Waals surface area contributed by atoms with Crippen LogP contribution in [0.5, 0.6) is 0 Å². The molecule has 0 heterocycles. The zero-order valence-corrected chi connectivity index (χ0v) is 16.8. The molecule has 144 valence electrons. The summed E-state index contributed by atoms with van der Waals surface area (Å²) in [5.74, 6) is -0.00925. The smallest absolute Gasteiger partial charge is 0.258 e. The third-order valence-electron chi connectivity index (χ3n) is 5.07. The van der Waals surface area contributed by atoms with Gasteiger partial charge in [-0.25, -0.2) is 0 Å². The third kappa shape index (κ3) is 4.67. The predicted molar refractivity (Wildman–Crippen MR) is 122 cm³/mol. The van der Waals surface area contributed by atoms with Gasteiger partial charge in [-0.2, -0.15) is 0 Å². The predicted octanol–water partition coefficient (Wildman–Crippen LogP) is 6.77. The summed E-state index contributed by atoms with van der Waals surface area (Å²) in [5, 5.41) is 2.92. The van der Waals surface area contributed by atoms with Crippen molar-refractivity contribution in [2.24, 2.45) is 0 Å². The zero-order valence-electron chi connectivity index (χ0n) is 16.1. The quantitative estimate of drug-likeness (QED) is 0.350. The molecular weight excluding hydrogens is 378 g/mol. The number of carbonyl (C=O) groups is 1. The van der Waals surface area contributed by atoms with Crippen molar-refractivity contribution in [3.63, 3.8) is 0 Å². The molecular formula is C26H22ClNO. The first-order valence-corrected chi connectivity index (χ1v) is 10.2. The van der Waals surface area contributed by atoms with E-state index in [2.05, 4.69) is 48.5 Å². The Bertz CT molecular complexity index is 1110. The summed E-state index contributed by atoms with van der Waals surface area (Å²) in [6, 6.07) is 31.9. The summed E-state index contributed by atoms with van der Waals surface area (Å²) in [5.41, 5.74) is 2.84. The molecule has 4 aromatic rings. The molecule has 0 bridgehead atoms. The van der Waals surface area contributed by atoms with Crippen LogP contribution in [-0.4, -0.2) is 12.5 Å². The van der Waals surface area contributed by atoms with Gasteiger partial charge in [-0.3, -0.25) is 4.79 Å². The van der Waals surface area contributed by atoms with Gasteiger partial charge >= 0.3 is 0 Å². The number of aryl methyl sites for hydroxylation is 1. The largest absolute Gasteiger partial charge is 0.308 e. The molecule has 4 rings (SSSR count). The third-order valence-corrected chi connectivity index (χ3v) is 5.32. The van der Waals surface area contributed by atoms with Crippen LogP contribution in [0.3, 0.4) is 0 Å². The maximum atomic E-state index is 13.3. The molecule has 4 aromatic carbocycles. The number of hydrogen-bond acceptors (Lipinski definition) is 1. The van der Waals surface area contributed by atoms with Gasteiger partial charge in [0.15, 0.2) is 0 Å². The van der Waals surface area contributed by atoms with E-state index in [0.717, 1.165) is 23.9 Å². The molecule has 29 heavy (non-hydrogen) atoms. The Hall–Kier alpha value is -3.10. The van der Waals surface area contributed by atoms with Crippen molar-refractivity contribution >= 4 is 34.0 Å². The van der Waals surface area contributed by atoms with Crippen molar-refractivity contribution in [1.29, 1.82) is 0 Å². The summed E-state index contributed by atoms with van der Waals surface area (Å²) in [6.45, 7) is 0.648. The minimum atomic E-state index is -0.00925. The minimum Gasteiger partial charge on any atom is -0.308 e. The van der Waals surface area contributed by atoms with E-state index in [1.807, 2.05) is 29.2 Å². The first kappa shape index (κ1) is 19.2. The lowest BCUT2D eigenvalue weighted by molar-refractivity contribution is 0.0986. The molecule has 0 radical (unpaired) electrons. The fourth-order valence-electron chi connectivity index (χ4n) is 3.53. The number of nitrogens with zero attached hydrogens (tertiary/aromatic N) is 1. The van der Waals surface area contributed by atoms with Gasteiger partial charge in [-0.05, 0) is 65.6 Å². The molecule has 1 amide bonds. The lowest BCUT2D eigenvalue weighted by Crippen LogP contribution is -2.32. The highest BCUT2D eigenvalue weighted by atomic mass is 35.5. The first-order valence-electron chi connectivity index (χ1n) is 9.81. The van der Waals surface area contributed by atoms with E-state index >= 15 is 0 Å². The van der Waals surface area contributed by atoms with Crippen molar-refractivity contribution in [1.82, 2.24) is 0 Å². The van der Waals surface area contributed by atoms with Crippen LogP contribution >= 0.6 is 11.6 Å². The standard InChI is InChI=1S/C26H22ClNO/c27-24-15-12-22(13-16-24)26(29)28(18-6-9-20-7-2-1-3-8-20)25-17-14-21-10-4-5-11-23(21)19-25/h1-5,7-8,10-17,19H,6,9,18H2. The van der Waals surface area contributed by atoms with Crippen LogP contribution < -0.4 is 4.90 Å². The van der Waals surface area contributed by atoms with E-state index in [1.54, 1.807) is 24.3 Å². The molecule has 0 aliphatic carbocycles. The number of anilines is 1. The maximum absolute atomic E-state index is 13.3. The van der Waals surface area contributed by atoms with Gasteiger partial charge in [0.1, 0.15) is 0 Å². The van der Waals surface area contributed by atoms with Crippen LogP contribution in [0.2, 0.25) is 5.02 Å². The number of benzene rings is 4. The second-order valence-corrected chi connectivity index (χ2v) is 7.52. The molecule has 0 spiro atoms. The molecule has 0 saturated carbocycles. The Morgan fingerprint density at radius 3 is 2.21 bits per heavy atom. The van der Waals surface area contributed by atoms with Crippen molar-refractivity contribution in [2.75, 3.05) is 11.4 Å². The second kappa shape index (κ2) is 8.93. The van der Waals surface area contributed by atoms with E-state index in [9.17, 15) is 4.79 Å². The van der Waals surface area contributed by atoms with Crippen molar-refractivity contribution in [2.45, 2.75) is 12.8 Å². The fraction of sp³-hybridized carbons (Fsp3) is 0.115. The summed E-state index contributed by atoms with van der Waals surface area (Å²) in [4.78, 5) is 15.2. The molecule has 0 aromatic heterocycles. The molecule has 0 fully saturated rings. The second-order valence-electron chi connectivity index (χ2n) is 7.08. The van der Waals surface area contributed by atoms with Gasteiger partial charge in [-0.15, -0.1) is 0 Å². The normalized spacial score (nSPS) is 10.8. The summed E-state index contributed by atoms with van der Waals surface area (Å²) in [7, 11) is 0. The zero-order chi connectivity index (χ0) is 20.1. The van der Waals surface area contributed by atoms with Crippen molar-refractivity contribution in [3.05, 3.63) is 113 Å². The number of carbonyl (C=O) groups excluding carboxylic acids is 1. The Morgan fingerprint density at radius 1 is 0.759 bits per heavy atom. The van der Waals surface area contributed by atoms with Gasteiger partial charge in [-0.1, -0.05) is 72.3 Å². The van der Waals surface area contributed by atoms with E-state index in [-0.39, 0.29) is 5.91 Å². The number of hydrogen-bond donors (Lipinski definition) is 0. The Balaban J connectivity index is 1.61. The molecule has 0 atom stereocenters. The summed E-state index contributed by atoms with van der Waals surface area (Å²) < 4.78 is 0. The maximum Gasteiger partial charge on any atom is 0.258 e. The highest BCUT2D eigenvalue weighted by molar-refractivity contribution is 6.30. The number of rotatable bonds is 6. The lowest BCUT2D eigenvalue weighted by Gasteiger charge is -2.24. The number of fused-ring (bicyclic) bond motifs is 1. The molecule has 0 aliphatic rings. The average molecular weight is 400 g/mol. The summed E-state index contributed by atoms with van der Waals surface area (Å²) >= 11 is 6.00. The van der Waals surface area contributed by atoms with E-state index in [1.165, 1.54) is 10.9 Å². The summed E-state index contributed by atoms with van der Waals surface area (Å²) in [6.07, 6.45) is 1.81.